The summed E-state index contributed by atoms with van der Waals surface area (Å²) in [5, 5.41) is 16.0. The summed E-state index contributed by atoms with van der Waals surface area (Å²) < 4.78 is 4.49. The zero-order chi connectivity index (χ0) is 20.4. The molecule has 1 aromatic carbocycles. The highest BCUT2D eigenvalue weighted by atomic mass is 16.5. The molecule has 2 aliphatic rings. The standard InChI is InChI=1S/C19H23N5O5/c25-17(20-13-6-4-12(5-7-13)16-21-18(26)29-22-16)15-14(8-11-24(15)19(27)28)23-9-2-1-3-10-23/h4-7,14-15H,1-3,8-11H2,(H,20,25)(H,27,28)(H,21,22,26)/t14-,15+/m1/s1. The fourth-order valence-electron chi connectivity index (χ4n) is 4.22. The van der Waals surface area contributed by atoms with Gasteiger partial charge in [0.05, 0.1) is 0 Å². The van der Waals surface area contributed by atoms with Crippen LogP contribution in [-0.2, 0) is 4.79 Å². The van der Waals surface area contributed by atoms with E-state index in [4.69, 9.17) is 0 Å². The van der Waals surface area contributed by atoms with Crippen LogP contribution in [0.1, 0.15) is 25.7 Å². The number of carbonyl (C=O) groups excluding carboxylic acids is 1. The molecule has 0 saturated carbocycles. The number of amides is 2. The van der Waals surface area contributed by atoms with Gasteiger partial charge in [-0.05, 0) is 56.6 Å². The van der Waals surface area contributed by atoms with E-state index in [-0.39, 0.29) is 11.9 Å². The van der Waals surface area contributed by atoms with Gasteiger partial charge in [-0.15, -0.1) is 0 Å². The van der Waals surface area contributed by atoms with Crippen LogP contribution in [0.15, 0.2) is 33.6 Å². The van der Waals surface area contributed by atoms with Crippen LogP contribution in [0.25, 0.3) is 11.4 Å². The van der Waals surface area contributed by atoms with Gasteiger partial charge >= 0.3 is 11.8 Å². The maximum Gasteiger partial charge on any atom is 0.439 e. The third-order valence-corrected chi connectivity index (χ3v) is 5.61. The molecule has 0 spiro atoms. The number of carboxylic acid groups (broad SMARTS) is 1. The molecular weight excluding hydrogens is 378 g/mol. The van der Waals surface area contributed by atoms with Crippen LogP contribution >= 0.6 is 0 Å². The molecule has 10 heteroatoms. The summed E-state index contributed by atoms with van der Waals surface area (Å²) in [7, 11) is 0. The number of benzene rings is 1. The maximum absolute atomic E-state index is 13.0. The Morgan fingerprint density at radius 3 is 2.48 bits per heavy atom. The van der Waals surface area contributed by atoms with Crippen molar-refractivity contribution in [1.82, 2.24) is 19.9 Å². The Morgan fingerprint density at radius 2 is 1.86 bits per heavy atom. The summed E-state index contributed by atoms with van der Waals surface area (Å²) in [6.07, 6.45) is 2.90. The number of likely N-dealkylation sites (tertiary alicyclic amines) is 2. The monoisotopic (exact) mass is 401 g/mol. The summed E-state index contributed by atoms with van der Waals surface area (Å²) in [4.78, 5) is 41.7. The lowest BCUT2D eigenvalue weighted by atomic mass is 10.0. The molecule has 154 valence electrons. The highest BCUT2D eigenvalue weighted by Crippen LogP contribution is 2.27. The Bertz CT molecular complexity index is 931. The Kier molecular flexibility index (Phi) is 5.34. The molecule has 2 atom stereocenters. The van der Waals surface area contributed by atoms with Crippen molar-refractivity contribution in [2.75, 3.05) is 25.0 Å². The first-order valence-electron chi connectivity index (χ1n) is 9.74. The first kappa shape index (κ1) is 19.2. The van der Waals surface area contributed by atoms with Gasteiger partial charge in [0, 0.05) is 23.8 Å². The molecule has 2 aliphatic heterocycles. The van der Waals surface area contributed by atoms with Crippen molar-refractivity contribution >= 4 is 17.7 Å². The zero-order valence-electron chi connectivity index (χ0n) is 15.8. The Balaban J connectivity index is 1.49. The third-order valence-electron chi connectivity index (χ3n) is 5.61. The number of nitrogens with zero attached hydrogens (tertiary/aromatic N) is 3. The molecule has 3 heterocycles. The van der Waals surface area contributed by atoms with Crippen molar-refractivity contribution in [1.29, 1.82) is 0 Å². The highest BCUT2D eigenvalue weighted by Gasteiger charge is 2.44. The molecule has 1 aromatic heterocycles. The molecule has 0 unspecified atom stereocenters. The van der Waals surface area contributed by atoms with Gasteiger partial charge in [-0.1, -0.05) is 11.6 Å². The van der Waals surface area contributed by atoms with E-state index in [0.29, 0.717) is 30.0 Å². The van der Waals surface area contributed by atoms with Gasteiger partial charge in [0.25, 0.3) is 0 Å². The van der Waals surface area contributed by atoms with Crippen molar-refractivity contribution in [3.63, 3.8) is 0 Å². The quantitative estimate of drug-likeness (QED) is 0.708. The zero-order valence-corrected chi connectivity index (χ0v) is 15.8. The van der Waals surface area contributed by atoms with Crippen molar-refractivity contribution in [2.24, 2.45) is 0 Å². The number of rotatable bonds is 4. The number of carbonyl (C=O) groups is 2. The summed E-state index contributed by atoms with van der Waals surface area (Å²) in [6, 6.07) is 5.89. The fourth-order valence-corrected chi connectivity index (χ4v) is 4.22. The molecule has 10 nitrogen and oxygen atoms in total. The van der Waals surface area contributed by atoms with Gasteiger partial charge in [-0.2, -0.15) is 0 Å². The van der Waals surface area contributed by atoms with E-state index in [0.717, 1.165) is 25.9 Å². The number of aromatic nitrogens is 2. The van der Waals surface area contributed by atoms with E-state index >= 15 is 0 Å². The highest BCUT2D eigenvalue weighted by molar-refractivity contribution is 5.97. The second-order valence-electron chi connectivity index (χ2n) is 7.38. The van der Waals surface area contributed by atoms with Crippen LogP contribution in [0, 0.1) is 0 Å². The van der Waals surface area contributed by atoms with Crippen LogP contribution in [0.5, 0.6) is 0 Å². The number of hydrogen-bond acceptors (Lipinski definition) is 6. The minimum absolute atomic E-state index is 0.106. The smallest absolute Gasteiger partial charge is 0.439 e. The second-order valence-corrected chi connectivity index (χ2v) is 7.38. The average Bonchev–Trinajstić information content (AvgIpc) is 3.36. The van der Waals surface area contributed by atoms with Crippen molar-refractivity contribution in [3.8, 4) is 11.4 Å². The van der Waals surface area contributed by atoms with E-state index < -0.39 is 17.9 Å². The van der Waals surface area contributed by atoms with Crippen LogP contribution in [0.2, 0.25) is 0 Å². The van der Waals surface area contributed by atoms with Crippen molar-refractivity contribution < 1.29 is 19.2 Å². The normalized spacial score (nSPS) is 22.6. The van der Waals surface area contributed by atoms with E-state index in [2.05, 4.69) is 24.9 Å². The molecular formula is C19H23N5O5. The molecule has 0 bridgehead atoms. The summed E-state index contributed by atoms with van der Waals surface area (Å²) in [6.45, 7) is 2.14. The lowest BCUT2D eigenvalue weighted by molar-refractivity contribution is -0.121. The van der Waals surface area contributed by atoms with Crippen LogP contribution < -0.4 is 11.1 Å². The molecule has 0 aliphatic carbocycles. The Morgan fingerprint density at radius 1 is 1.14 bits per heavy atom. The van der Waals surface area contributed by atoms with E-state index in [9.17, 15) is 19.5 Å². The topological polar surface area (TPSA) is 132 Å². The fraction of sp³-hybridized carbons (Fsp3) is 0.474. The molecule has 29 heavy (non-hydrogen) atoms. The molecule has 2 amide bonds. The molecule has 2 saturated heterocycles. The number of hydrogen-bond donors (Lipinski definition) is 3. The van der Waals surface area contributed by atoms with Crippen LogP contribution in [0.4, 0.5) is 10.5 Å². The summed E-state index contributed by atoms with van der Waals surface area (Å²) in [5.74, 6) is -0.676. The molecule has 2 aromatic rings. The van der Waals surface area contributed by atoms with E-state index in [1.54, 1.807) is 24.3 Å². The van der Waals surface area contributed by atoms with Gasteiger partial charge in [0.2, 0.25) is 5.91 Å². The minimum atomic E-state index is -1.07. The van der Waals surface area contributed by atoms with Crippen LogP contribution in [-0.4, -0.2) is 68.8 Å². The minimum Gasteiger partial charge on any atom is -0.465 e. The number of nitrogens with one attached hydrogen (secondary N) is 2. The SMILES string of the molecule is O=C(Nc1ccc(-c2noc(=O)[nH]2)cc1)[C@@H]1[C@H](N2CCCCC2)CCN1C(=O)O. The largest absolute Gasteiger partial charge is 0.465 e. The number of aromatic amines is 1. The average molecular weight is 401 g/mol. The number of anilines is 1. The summed E-state index contributed by atoms with van der Waals surface area (Å²) in [5.41, 5.74) is 1.17. The predicted molar refractivity (Wildman–Crippen MR) is 104 cm³/mol. The van der Waals surface area contributed by atoms with E-state index in [1.807, 2.05) is 0 Å². The lowest BCUT2D eigenvalue weighted by Crippen LogP contribution is -2.53. The second kappa shape index (κ2) is 8.08. The first-order chi connectivity index (χ1) is 14.0. The molecule has 4 rings (SSSR count). The summed E-state index contributed by atoms with van der Waals surface area (Å²) >= 11 is 0. The van der Waals surface area contributed by atoms with Gasteiger partial charge in [0.15, 0.2) is 5.82 Å². The molecule has 3 N–H and O–H groups in total. The third kappa shape index (κ3) is 4.02. The number of H-pyrrole nitrogens is 1. The molecule has 2 fully saturated rings. The van der Waals surface area contributed by atoms with Crippen molar-refractivity contribution in [3.05, 3.63) is 34.8 Å². The Labute approximate surface area is 166 Å². The number of piperidine rings is 1. The predicted octanol–water partition coefficient (Wildman–Crippen LogP) is 1.58. The Hall–Kier alpha value is -3.14. The van der Waals surface area contributed by atoms with Gasteiger partial charge in [0.1, 0.15) is 6.04 Å². The maximum atomic E-state index is 13.0. The van der Waals surface area contributed by atoms with Gasteiger partial charge in [-0.3, -0.25) is 24.1 Å². The molecule has 0 radical (unpaired) electrons. The van der Waals surface area contributed by atoms with Gasteiger partial charge < -0.3 is 10.4 Å². The van der Waals surface area contributed by atoms with Crippen LogP contribution in [0.3, 0.4) is 0 Å². The van der Waals surface area contributed by atoms with Gasteiger partial charge in [-0.25, -0.2) is 9.59 Å². The van der Waals surface area contributed by atoms with E-state index in [1.165, 1.54) is 11.3 Å². The lowest BCUT2D eigenvalue weighted by Gasteiger charge is -2.36. The first-order valence-corrected chi connectivity index (χ1v) is 9.74. The van der Waals surface area contributed by atoms with Crippen molar-refractivity contribution in [2.45, 2.75) is 37.8 Å².